The average Bonchev–Trinajstić information content (AvgIpc) is 3.19. The minimum Gasteiger partial charge on any atom is -0.496 e. The van der Waals surface area contributed by atoms with Gasteiger partial charge < -0.3 is 19.8 Å². The summed E-state index contributed by atoms with van der Waals surface area (Å²) in [5.41, 5.74) is 0.541. The smallest absolute Gasteiger partial charge is 0.262 e. The number of H-pyrrole nitrogens is 1. The lowest BCUT2D eigenvalue weighted by atomic mass is 10.1. The van der Waals surface area contributed by atoms with Crippen LogP contribution >= 0.6 is 0 Å². The highest BCUT2D eigenvalue weighted by molar-refractivity contribution is 6.06. The van der Waals surface area contributed by atoms with Gasteiger partial charge in [0.25, 0.3) is 5.91 Å². The summed E-state index contributed by atoms with van der Waals surface area (Å²) < 4.78 is 39.4. The molecule has 0 atom stereocenters. The number of halogens is 2. The molecule has 0 fully saturated rings. The van der Waals surface area contributed by atoms with E-state index in [1.165, 1.54) is 49.8 Å². The summed E-state index contributed by atoms with van der Waals surface area (Å²) >= 11 is 0. The molecule has 2 aromatic carbocycles. The molecule has 0 spiro atoms. The maximum atomic E-state index is 14.7. The van der Waals surface area contributed by atoms with Gasteiger partial charge in [0.2, 0.25) is 0 Å². The number of aromatic amines is 1. The fraction of sp³-hybridized carbons (Fsp3) is 0.0455. The van der Waals surface area contributed by atoms with Crippen molar-refractivity contribution in [2.75, 3.05) is 12.4 Å². The Balaban J connectivity index is 1.60. The molecule has 154 valence electrons. The normalized spacial score (nSPS) is 10.5. The van der Waals surface area contributed by atoms with Crippen LogP contribution in [0.4, 0.5) is 14.5 Å². The highest BCUT2D eigenvalue weighted by Crippen LogP contribution is 2.33. The van der Waals surface area contributed by atoms with Crippen LogP contribution in [0.5, 0.6) is 17.2 Å². The number of ether oxygens (including phenoxy) is 2. The number of pyridine rings is 1. The second-order valence-corrected chi connectivity index (χ2v) is 6.37. The maximum absolute atomic E-state index is 14.7. The van der Waals surface area contributed by atoms with Gasteiger partial charge in [0.05, 0.1) is 18.1 Å². The molecular formula is C22H14F2N4O3. The number of carbonyl (C=O) groups excluding carboxylic acids is 1. The summed E-state index contributed by atoms with van der Waals surface area (Å²) in [7, 11) is 1.32. The van der Waals surface area contributed by atoms with Gasteiger partial charge in [-0.1, -0.05) is 6.07 Å². The molecule has 0 aliphatic carbocycles. The zero-order valence-electron chi connectivity index (χ0n) is 16.1. The van der Waals surface area contributed by atoms with E-state index in [4.69, 9.17) is 9.47 Å². The Labute approximate surface area is 174 Å². The minimum absolute atomic E-state index is 0.0550. The number of anilines is 1. The molecule has 0 unspecified atom stereocenters. The number of carbonyl (C=O) groups is 1. The Morgan fingerprint density at radius 3 is 2.71 bits per heavy atom. The fourth-order valence-electron chi connectivity index (χ4n) is 3.07. The quantitative estimate of drug-likeness (QED) is 0.485. The summed E-state index contributed by atoms with van der Waals surface area (Å²) in [6.07, 6.45) is 2.94. The average molecular weight is 420 g/mol. The molecule has 4 rings (SSSR count). The second-order valence-electron chi connectivity index (χ2n) is 6.37. The van der Waals surface area contributed by atoms with Crippen LogP contribution < -0.4 is 14.8 Å². The number of nitriles is 1. The first kappa shape index (κ1) is 19.8. The van der Waals surface area contributed by atoms with E-state index >= 15 is 0 Å². The molecule has 0 bridgehead atoms. The first-order chi connectivity index (χ1) is 15.0. The molecule has 0 saturated carbocycles. The van der Waals surface area contributed by atoms with Crippen molar-refractivity contribution < 1.29 is 23.0 Å². The lowest BCUT2D eigenvalue weighted by Gasteiger charge is -2.12. The Morgan fingerprint density at radius 1 is 1.13 bits per heavy atom. The Kier molecular flexibility index (Phi) is 5.20. The zero-order chi connectivity index (χ0) is 22.0. The zero-order valence-corrected chi connectivity index (χ0v) is 16.1. The van der Waals surface area contributed by atoms with Crippen LogP contribution in [-0.2, 0) is 0 Å². The van der Waals surface area contributed by atoms with Crippen molar-refractivity contribution in [2.24, 2.45) is 0 Å². The van der Waals surface area contributed by atoms with Crippen LogP contribution in [0.1, 0.15) is 15.9 Å². The number of fused-ring (bicyclic) bond motifs is 1. The Hall–Kier alpha value is -4.45. The fourth-order valence-corrected chi connectivity index (χ4v) is 3.07. The molecule has 4 aromatic rings. The molecule has 0 aliphatic rings. The minimum atomic E-state index is -0.787. The molecule has 31 heavy (non-hydrogen) atoms. The van der Waals surface area contributed by atoms with E-state index in [2.05, 4.69) is 15.3 Å². The summed E-state index contributed by atoms with van der Waals surface area (Å²) in [5, 5.41) is 12.1. The van der Waals surface area contributed by atoms with E-state index in [1.54, 1.807) is 0 Å². The topological polar surface area (TPSA) is 100 Å². The number of amides is 1. The van der Waals surface area contributed by atoms with Crippen molar-refractivity contribution in [1.29, 1.82) is 5.26 Å². The van der Waals surface area contributed by atoms with Gasteiger partial charge in [0, 0.05) is 24.1 Å². The summed E-state index contributed by atoms with van der Waals surface area (Å²) in [6.45, 7) is 0. The highest BCUT2D eigenvalue weighted by Gasteiger charge is 2.19. The van der Waals surface area contributed by atoms with E-state index in [-0.39, 0.29) is 28.5 Å². The third-order valence-electron chi connectivity index (χ3n) is 4.49. The maximum Gasteiger partial charge on any atom is 0.262 e. The van der Waals surface area contributed by atoms with Crippen LogP contribution in [0.2, 0.25) is 0 Å². The van der Waals surface area contributed by atoms with Gasteiger partial charge in [0.1, 0.15) is 34.6 Å². The van der Waals surface area contributed by atoms with E-state index < -0.39 is 17.5 Å². The van der Waals surface area contributed by atoms with Gasteiger partial charge in [-0.05, 0) is 30.3 Å². The molecule has 0 aliphatic heterocycles. The Morgan fingerprint density at radius 2 is 1.97 bits per heavy atom. The number of methoxy groups -OCH3 is 1. The van der Waals surface area contributed by atoms with Gasteiger partial charge in [-0.2, -0.15) is 5.26 Å². The predicted octanol–water partition coefficient (Wildman–Crippen LogP) is 4.77. The first-order valence-corrected chi connectivity index (χ1v) is 8.99. The third-order valence-corrected chi connectivity index (χ3v) is 4.49. The van der Waals surface area contributed by atoms with Crippen molar-refractivity contribution in [3.8, 4) is 23.3 Å². The molecule has 2 N–H and O–H groups in total. The van der Waals surface area contributed by atoms with Crippen LogP contribution in [0.25, 0.3) is 11.0 Å². The molecular weight excluding hydrogens is 406 g/mol. The third kappa shape index (κ3) is 3.74. The van der Waals surface area contributed by atoms with Crippen molar-refractivity contribution in [2.45, 2.75) is 0 Å². The van der Waals surface area contributed by atoms with Crippen LogP contribution in [0.3, 0.4) is 0 Å². The number of hydrogen-bond acceptors (Lipinski definition) is 5. The molecule has 0 saturated heterocycles. The van der Waals surface area contributed by atoms with E-state index in [9.17, 15) is 18.8 Å². The van der Waals surface area contributed by atoms with Crippen LogP contribution in [0, 0.1) is 23.0 Å². The van der Waals surface area contributed by atoms with Gasteiger partial charge in [0.15, 0.2) is 11.6 Å². The Bertz CT molecular complexity index is 1340. The predicted molar refractivity (Wildman–Crippen MR) is 108 cm³/mol. The van der Waals surface area contributed by atoms with E-state index in [0.717, 1.165) is 12.1 Å². The molecule has 1 amide bonds. The number of nitrogens with zero attached hydrogens (tertiary/aromatic N) is 2. The van der Waals surface area contributed by atoms with Gasteiger partial charge in [-0.15, -0.1) is 0 Å². The second kappa shape index (κ2) is 8.12. The van der Waals surface area contributed by atoms with Gasteiger partial charge >= 0.3 is 0 Å². The van der Waals surface area contributed by atoms with Gasteiger partial charge in [-0.25, -0.2) is 13.8 Å². The summed E-state index contributed by atoms with van der Waals surface area (Å²) in [6, 6.07) is 11.3. The summed E-state index contributed by atoms with van der Waals surface area (Å²) in [4.78, 5) is 19.4. The largest absolute Gasteiger partial charge is 0.496 e. The monoisotopic (exact) mass is 420 g/mol. The number of aromatic nitrogens is 2. The van der Waals surface area contributed by atoms with Crippen LogP contribution in [0.15, 0.2) is 54.9 Å². The lowest BCUT2D eigenvalue weighted by molar-refractivity contribution is 0.102. The molecule has 9 heteroatoms. The molecule has 2 heterocycles. The van der Waals surface area contributed by atoms with Crippen LogP contribution in [-0.4, -0.2) is 23.0 Å². The molecule has 7 nitrogen and oxygen atoms in total. The number of rotatable bonds is 5. The van der Waals surface area contributed by atoms with Crippen molar-refractivity contribution >= 4 is 22.6 Å². The SMILES string of the molecule is COc1cccc(F)c1C(=O)Nc1ccc(Oc2ccnc3[nH]cc(C#N)c23)c(F)c1. The first-order valence-electron chi connectivity index (χ1n) is 8.99. The summed E-state index contributed by atoms with van der Waals surface area (Å²) in [5.74, 6) is -2.14. The number of nitrogens with one attached hydrogen (secondary N) is 2. The number of benzene rings is 2. The van der Waals surface area contributed by atoms with Gasteiger partial charge in [-0.3, -0.25) is 4.79 Å². The van der Waals surface area contributed by atoms with Crippen molar-refractivity contribution in [3.05, 3.63) is 77.6 Å². The van der Waals surface area contributed by atoms with E-state index in [1.807, 2.05) is 6.07 Å². The molecule has 2 aromatic heterocycles. The van der Waals surface area contributed by atoms with E-state index in [0.29, 0.717) is 16.6 Å². The van der Waals surface area contributed by atoms with Crippen molar-refractivity contribution in [3.63, 3.8) is 0 Å². The molecule has 0 radical (unpaired) electrons. The highest BCUT2D eigenvalue weighted by atomic mass is 19.1. The standard InChI is InChI=1S/C22H14F2N4O3/c1-30-17-4-2-3-14(23)20(17)22(29)28-13-5-6-16(15(24)9-13)31-18-7-8-26-21-19(18)12(10-25)11-27-21/h2-9,11H,1H3,(H,26,27)(H,28,29). The van der Waals surface area contributed by atoms with Crippen molar-refractivity contribution in [1.82, 2.24) is 9.97 Å². The number of hydrogen-bond donors (Lipinski definition) is 2. The lowest BCUT2D eigenvalue weighted by Crippen LogP contribution is -2.15.